The van der Waals surface area contributed by atoms with E-state index >= 15 is 0 Å². The number of nitrogens with zero attached hydrogens (tertiary/aromatic N) is 5. The van der Waals surface area contributed by atoms with Gasteiger partial charge in [-0.2, -0.15) is 0 Å². The van der Waals surface area contributed by atoms with Crippen molar-refractivity contribution in [3.8, 4) is 11.4 Å². The van der Waals surface area contributed by atoms with Crippen LogP contribution in [0.4, 0.5) is 0 Å². The zero-order chi connectivity index (χ0) is 20.4. The Labute approximate surface area is 172 Å². The molecule has 29 heavy (non-hydrogen) atoms. The van der Waals surface area contributed by atoms with E-state index in [0.717, 1.165) is 48.7 Å². The molecule has 1 fully saturated rings. The minimum atomic E-state index is -0.399. The van der Waals surface area contributed by atoms with Crippen LogP contribution in [0.5, 0.6) is 0 Å². The van der Waals surface area contributed by atoms with Crippen molar-refractivity contribution < 1.29 is 4.74 Å². The summed E-state index contributed by atoms with van der Waals surface area (Å²) in [7, 11) is 3.12. The lowest BCUT2D eigenvalue weighted by Crippen LogP contribution is -2.38. The maximum Gasteiger partial charge on any atom is 0.332 e. The molecule has 0 aliphatic carbocycles. The first-order valence-electron chi connectivity index (χ1n) is 9.52. The Morgan fingerprint density at radius 1 is 1.03 bits per heavy atom. The zero-order valence-corrected chi connectivity index (χ0v) is 17.3. The molecule has 3 aromatic rings. The van der Waals surface area contributed by atoms with Crippen LogP contribution in [0.3, 0.4) is 0 Å². The van der Waals surface area contributed by atoms with E-state index < -0.39 is 5.69 Å². The summed E-state index contributed by atoms with van der Waals surface area (Å²) < 4.78 is 7.92. The first-order valence-corrected chi connectivity index (χ1v) is 10.5. The number of fused-ring (bicyclic) bond motifs is 1. The normalized spacial score (nSPS) is 15.1. The van der Waals surface area contributed by atoms with Crippen molar-refractivity contribution in [1.82, 2.24) is 24.0 Å². The molecule has 0 radical (unpaired) electrons. The first kappa shape index (κ1) is 19.8. The molecule has 0 saturated carbocycles. The molecule has 1 saturated heterocycles. The summed E-state index contributed by atoms with van der Waals surface area (Å²) in [6.07, 6.45) is 0. The highest BCUT2D eigenvalue weighted by Crippen LogP contribution is 2.26. The second-order valence-corrected chi connectivity index (χ2v) is 8.01. The molecule has 8 nitrogen and oxygen atoms in total. The van der Waals surface area contributed by atoms with Crippen LogP contribution >= 0.6 is 11.8 Å². The highest BCUT2D eigenvalue weighted by molar-refractivity contribution is 7.99. The molecule has 9 heteroatoms. The van der Waals surface area contributed by atoms with Gasteiger partial charge in [0.15, 0.2) is 11.5 Å². The predicted molar refractivity (Wildman–Crippen MR) is 113 cm³/mol. The molecule has 3 heterocycles. The van der Waals surface area contributed by atoms with Gasteiger partial charge in [-0.25, -0.2) is 14.8 Å². The Bertz CT molecular complexity index is 1140. The van der Waals surface area contributed by atoms with E-state index in [-0.39, 0.29) is 5.56 Å². The third-order valence-corrected chi connectivity index (χ3v) is 6.00. The van der Waals surface area contributed by atoms with Gasteiger partial charge in [-0.1, -0.05) is 30.3 Å². The summed E-state index contributed by atoms with van der Waals surface area (Å²) in [5.74, 6) is 1.29. The molecule has 4 rings (SSSR count). The van der Waals surface area contributed by atoms with Crippen LogP contribution in [0.2, 0.25) is 0 Å². The van der Waals surface area contributed by atoms with Crippen LogP contribution in [-0.4, -0.2) is 62.6 Å². The number of thioether (sulfide) groups is 1. The van der Waals surface area contributed by atoms with E-state index in [1.165, 1.54) is 23.4 Å². The molecule has 0 atom stereocenters. The predicted octanol–water partition coefficient (Wildman–Crippen LogP) is 1.12. The summed E-state index contributed by atoms with van der Waals surface area (Å²) in [5.41, 5.74) is 0.444. The number of rotatable bonds is 5. The van der Waals surface area contributed by atoms with Crippen molar-refractivity contribution in [3.63, 3.8) is 0 Å². The van der Waals surface area contributed by atoms with Gasteiger partial charge in [-0.3, -0.25) is 18.8 Å². The molecule has 0 unspecified atom stereocenters. The molecular formula is C20H23N5O3S. The maximum atomic E-state index is 12.9. The SMILES string of the molecule is Cn1c(=O)c2c(SCCN3CCOCC3)nc(-c3ccccc3)nc2n(C)c1=O. The molecule has 0 spiro atoms. The Kier molecular flexibility index (Phi) is 5.79. The lowest BCUT2D eigenvalue weighted by Gasteiger charge is -2.26. The Morgan fingerprint density at radius 2 is 1.76 bits per heavy atom. The molecular weight excluding hydrogens is 390 g/mol. The molecule has 0 N–H and O–H groups in total. The van der Waals surface area contributed by atoms with E-state index in [1.54, 1.807) is 7.05 Å². The van der Waals surface area contributed by atoms with Gasteiger partial charge < -0.3 is 4.74 Å². The maximum absolute atomic E-state index is 12.9. The second kappa shape index (κ2) is 8.48. The molecule has 1 aromatic carbocycles. The van der Waals surface area contributed by atoms with Crippen LogP contribution in [0.1, 0.15) is 0 Å². The van der Waals surface area contributed by atoms with Crippen molar-refractivity contribution in [2.24, 2.45) is 14.1 Å². The van der Waals surface area contributed by atoms with Crippen molar-refractivity contribution in [3.05, 3.63) is 51.2 Å². The minimum Gasteiger partial charge on any atom is -0.379 e. The lowest BCUT2D eigenvalue weighted by atomic mass is 10.2. The number of ether oxygens (including phenoxy) is 1. The fraction of sp³-hybridized carbons (Fsp3) is 0.400. The van der Waals surface area contributed by atoms with Gasteiger partial charge in [0.25, 0.3) is 5.56 Å². The molecule has 0 bridgehead atoms. The van der Waals surface area contributed by atoms with Crippen molar-refractivity contribution in [1.29, 1.82) is 0 Å². The topological polar surface area (TPSA) is 82.2 Å². The molecule has 1 aliphatic heterocycles. The molecule has 0 amide bonds. The third-order valence-electron chi connectivity index (χ3n) is 5.05. The highest BCUT2D eigenvalue weighted by Gasteiger charge is 2.18. The highest BCUT2D eigenvalue weighted by atomic mass is 32.2. The Hall–Kier alpha value is -2.49. The summed E-state index contributed by atoms with van der Waals surface area (Å²) in [6, 6.07) is 9.59. The number of aromatic nitrogens is 4. The van der Waals surface area contributed by atoms with Crippen LogP contribution in [0.25, 0.3) is 22.4 Å². The van der Waals surface area contributed by atoms with E-state index in [9.17, 15) is 9.59 Å². The van der Waals surface area contributed by atoms with E-state index in [0.29, 0.717) is 21.9 Å². The fourth-order valence-corrected chi connectivity index (χ4v) is 4.36. The second-order valence-electron chi connectivity index (χ2n) is 6.93. The van der Waals surface area contributed by atoms with Crippen LogP contribution in [0, 0.1) is 0 Å². The minimum absolute atomic E-state index is 0.362. The average Bonchev–Trinajstić information content (AvgIpc) is 2.77. The van der Waals surface area contributed by atoms with Gasteiger partial charge in [0, 0.05) is 45.0 Å². The van der Waals surface area contributed by atoms with Crippen LogP contribution < -0.4 is 11.2 Å². The summed E-state index contributed by atoms with van der Waals surface area (Å²) in [5, 5.41) is 1.000. The van der Waals surface area contributed by atoms with E-state index in [1.807, 2.05) is 30.3 Å². The van der Waals surface area contributed by atoms with Gasteiger partial charge in [0.1, 0.15) is 10.4 Å². The Balaban J connectivity index is 1.77. The number of morpholine rings is 1. The number of hydrogen-bond acceptors (Lipinski definition) is 7. The number of benzene rings is 1. The van der Waals surface area contributed by atoms with Gasteiger partial charge in [-0.05, 0) is 0 Å². The first-order chi connectivity index (χ1) is 14.1. The van der Waals surface area contributed by atoms with Crippen molar-refractivity contribution in [2.45, 2.75) is 5.03 Å². The van der Waals surface area contributed by atoms with Crippen molar-refractivity contribution in [2.75, 3.05) is 38.6 Å². The molecule has 152 valence electrons. The van der Waals surface area contributed by atoms with Crippen LogP contribution in [-0.2, 0) is 18.8 Å². The van der Waals surface area contributed by atoms with Gasteiger partial charge in [-0.15, -0.1) is 11.8 Å². The van der Waals surface area contributed by atoms with Crippen LogP contribution in [0.15, 0.2) is 44.9 Å². The van der Waals surface area contributed by atoms with Crippen molar-refractivity contribution >= 4 is 22.8 Å². The van der Waals surface area contributed by atoms with Gasteiger partial charge in [0.2, 0.25) is 0 Å². The Morgan fingerprint density at radius 3 is 2.48 bits per heavy atom. The molecule has 1 aliphatic rings. The molecule has 2 aromatic heterocycles. The van der Waals surface area contributed by atoms with E-state index in [4.69, 9.17) is 9.72 Å². The standard InChI is InChI=1S/C20H23N5O3S/c1-23-17-15(19(26)24(2)20(23)27)18(29-13-10-25-8-11-28-12-9-25)22-16(21-17)14-6-4-3-5-7-14/h3-7H,8-13H2,1-2H3. The van der Waals surface area contributed by atoms with E-state index in [2.05, 4.69) is 9.88 Å². The average molecular weight is 414 g/mol. The monoisotopic (exact) mass is 413 g/mol. The third kappa shape index (κ3) is 3.98. The lowest BCUT2D eigenvalue weighted by molar-refractivity contribution is 0.0410. The fourth-order valence-electron chi connectivity index (χ4n) is 3.35. The smallest absolute Gasteiger partial charge is 0.332 e. The quantitative estimate of drug-likeness (QED) is 0.458. The van der Waals surface area contributed by atoms with Gasteiger partial charge in [0.05, 0.1) is 13.2 Å². The van der Waals surface area contributed by atoms with Gasteiger partial charge >= 0.3 is 5.69 Å². The largest absolute Gasteiger partial charge is 0.379 e. The summed E-state index contributed by atoms with van der Waals surface area (Å²) in [4.78, 5) is 36.9. The number of aryl methyl sites for hydroxylation is 1. The summed E-state index contributed by atoms with van der Waals surface area (Å²) >= 11 is 1.53. The number of hydrogen-bond donors (Lipinski definition) is 0. The summed E-state index contributed by atoms with van der Waals surface area (Å²) in [6.45, 7) is 4.21. The zero-order valence-electron chi connectivity index (χ0n) is 16.5.